The van der Waals surface area contributed by atoms with E-state index in [4.69, 9.17) is 14.3 Å². The minimum Gasteiger partial charge on any atom is -0.399 e. The Bertz CT molecular complexity index is 1090. The fraction of sp³-hybridized carbons (Fsp3) is 0.391. The summed E-state index contributed by atoms with van der Waals surface area (Å²) in [6.45, 7) is 9.94. The summed E-state index contributed by atoms with van der Waals surface area (Å²) in [5, 5.41) is 0. The zero-order valence-corrected chi connectivity index (χ0v) is 18.4. The highest BCUT2D eigenvalue weighted by atomic mass is 16.7. The van der Waals surface area contributed by atoms with E-state index in [9.17, 15) is 0 Å². The molecular weight excluding hydrogens is 389 g/mol. The van der Waals surface area contributed by atoms with Crippen LogP contribution in [0.4, 0.5) is 5.95 Å². The number of hydrogen-bond acceptors (Lipinski definition) is 7. The molecule has 0 amide bonds. The Morgan fingerprint density at radius 2 is 1.71 bits per heavy atom. The smallest absolute Gasteiger partial charge is 0.399 e. The van der Waals surface area contributed by atoms with Gasteiger partial charge in [-0.15, -0.1) is 0 Å². The first-order valence-corrected chi connectivity index (χ1v) is 10.6. The number of fused-ring (bicyclic) bond motifs is 1. The lowest BCUT2D eigenvalue weighted by atomic mass is 9.77. The lowest BCUT2D eigenvalue weighted by molar-refractivity contribution is 0.00578. The molecule has 8 heteroatoms. The summed E-state index contributed by atoms with van der Waals surface area (Å²) in [5.74, 6) is 0.712. The van der Waals surface area contributed by atoms with E-state index in [-0.39, 0.29) is 18.3 Å². The third-order valence-corrected chi connectivity index (χ3v) is 6.52. The Kier molecular flexibility index (Phi) is 4.79. The fourth-order valence-electron chi connectivity index (χ4n) is 3.94. The van der Waals surface area contributed by atoms with E-state index in [1.54, 1.807) is 24.8 Å². The molecule has 2 aliphatic rings. The average Bonchev–Trinajstić information content (AvgIpc) is 3.00. The molecule has 0 spiro atoms. The van der Waals surface area contributed by atoms with Crippen LogP contribution in [0, 0.1) is 0 Å². The summed E-state index contributed by atoms with van der Waals surface area (Å²) in [6, 6.07) is 8.38. The molecule has 0 radical (unpaired) electrons. The van der Waals surface area contributed by atoms with Crippen LogP contribution in [0.3, 0.4) is 0 Å². The van der Waals surface area contributed by atoms with E-state index in [2.05, 4.69) is 65.7 Å². The number of aromatic nitrogens is 4. The van der Waals surface area contributed by atoms with Crippen LogP contribution in [0.25, 0.3) is 11.4 Å². The van der Waals surface area contributed by atoms with Gasteiger partial charge in [-0.2, -0.15) is 0 Å². The molecule has 0 unspecified atom stereocenters. The topological polar surface area (TPSA) is 73.3 Å². The molecule has 0 atom stereocenters. The van der Waals surface area contributed by atoms with Crippen LogP contribution in [0.2, 0.25) is 0 Å². The first-order chi connectivity index (χ1) is 14.8. The molecular formula is C23H26BN5O2. The largest absolute Gasteiger partial charge is 0.494 e. The van der Waals surface area contributed by atoms with Gasteiger partial charge in [0.25, 0.3) is 0 Å². The van der Waals surface area contributed by atoms with Crippen molar-refractivity contribution in [1.29, 1.82) is 0 Å². The van der Waals surface area contributed by atoms with Gasteiger partial charge in [0.2, 0.25) is 5.95 Å². The quantitative estimate of drug-likeness (QED) is 0.609. The highest BCUT2D eigenvalue weighted by Crippen LogP contribution is 2.36. The molecule has 5 rings (SSSR count). The molecule has 1 fully saturated rings. The van der Waals surface area contributed by atoms with Gasteiger partial charge in [0, 0.05) is 31.7 Å². The number of nitrogens with zero attached hydrogens (tertiary/aromatic N) is 5. The van der Waals surface area contributed by atoms with E-state index < -0.39 is 0 Å². The van der Waals surface area contributed by atoms with Crippen LogP contribution in [0.15, 0.2) is 49.1 Å². The number of benzene rings is 1. The van der Waals surface area contributed by atoms with Crippen LogP contribution >= 0.6 is 0 Å². The van der Waals surface area contributed by atoms with Gasteiger partial charge in [-0.3, -0.25) is 9.97 Å². The van der Waals surface area contributed by atoms with E-state index in [0.717, 1.165) is 36.4 Å². The van der Waals surface area contributed by atoms with Crippen molar-refractivity contribution in [2.75, 3.05) is 11.4 Å². The molecule has 1 aromatic carbocycles. The van der Waals surface area contributed by atoms with Gasteiger partial charge in [0.1, 0.15) is 5.69 Å². The zero-order valence-electron chi connectivity index (χ0n) is 18.4. The molecule has 31 heavy (non-hydrogen) atoms. The van der Waals surface area contributed by atoms with Gasteiger partial charge in [-0.1, -0.05) is 18.2 Å². The van der Waals surface area contributed by atoms with Gasteiger partial charge >= 0.3 is 7.12 Å². The average molecular weight is 415 g/mol. The van der Waals surface area contributed by atoms with Gasteiger partial charge in [-0.05, 0) is 56.8 Å². The standard InChI is InChI=1S/C23H26BN5O2/c1-22(2)23(3,4)31-24(30-22)18-6-5-17-15-29(12-8-16(17)13-18)21-27-9-7-19(28-21)20-14-25-10-11-26-20/h5-7,9-11,13-14H,8,12,15H2,1-4H3. The molecule has 0 saturated carbocycles. The highest BCUT2D eigenvalue weighted by molar-refractivity contribution is 6.62. The first kappa shape index (κ1) is 20.1. The molecule has 0 N–H and O–H groups in total. The maximum atomic E-state index is 6.22. The Hall–Kier alpha value is -2.84. The molecule has 3 aromatic rings. The van der Waals surface area contributed by atoms with E-state index >= 15 is 0 Å². The molecule has 158 valence electrons. The SMILES string of the molecule is CC1(C)OB(c2ccc3c(c2)CCN(c2nccc(-c4cnccn4)n2)C3)OC1(C)C. The van der Waals surface area contributed by atoms with Crippen molar-refractivity contribution >= 4 is 18.5 Å². The van der Waals surface area contributed by atoms with Crippen LogP contribution in [-0.2, 0) is 22.3 Å². The number of rotatable bonds is 3. The third kappa shape index (κ3) is 3.70. The van der Waals surface area contributed by atoms with E-state index in [1.807, 2.05) is 6.07 Å². The minimum atomic E-state index is -0.337. The lowest BCUT2D eigenvalue weighted by Crippen LogP contribution is -2.41. The number of anilines is 1. The van der Waals surface area contributed by atoms with Gasteiger partial charge in [0.15, 0.2) is 0 Å². The molecule has 7 nitrogen and oxygen atoms in total. The minimum absolute atomic E-state index is 0.333. The molecule has 2 aromatic heterocycles. The Morgan fingerprint density at radius 3 is 2.45 bits per heavy atom. The first-order valence-electron chi connectivity index (χ1n) is 10.6. The van der Waals surface area contributed by atoms with Crippen LogP contribution < -0.4 is 10.4 Å². The maximum absolute atomic E-state index is 6.22. The highest BCUT2D eigenvalue weighted by Gasteiger charge is 2.51. The third-order valence-electron chi connectivity index (χ3n) is 6.52. The van der Waals surface area contributed by atoms with Crippen molar-refractivity contribution in [3.63, 3.8) is 0 Å². The van der Waals surface area contributed by atoms with E-state index in [1.165, 1.54) is 11.1 Å². The zero-order chi connectivity index (χ0) is 21.6. The van der Waals surface area contributed by atoms with E-state index in [0.29, 0.717) is 5.95 Å². The second-order valence-corrected chi connectivity index (χ2v) is 9.12. The summed E-state index contributed by atoms with van der Waals surface area (Å²) in [6.07, 6.45) is 7.75. The molecule has 0 aliphatic carbocycles. The van der Waals surface area contributed by atoms with Gasteiger partial charge < -0.3 is 14.2 Å². The lowest BCUT2D eigenvalue weighted by Gasteiger charge is -2.32. The van der Waals surface area contributed by atoms with Crippen LogP contribution in [0.1, 0.15) is 38.8 Å². The molecule has 0 bridgehead atoms. The predicted molar refractivity (Wildman–Crippen MR) is 120 cm³/mol. The van der Waals surface area contributed by atoms with Gasteiger partial charge in [0.05, 0.1) is 23.1 Å². The Morgan fingerprint density at radius 1 is 0.903 bits per heavy atom. The summed E-state index contributed by atoms with van der Waals surface area (Å²) in [7, 11) is -0.333. The molecule has 1 saturated heterocycles. The fourth-order valence-corrected chi connectivity index (χ4v) is 3.94. The summed E-state index contributed by atoms with van der Waals surface area (Å²) in [5.41, 5.74) is 4.53. The summed E-state index contributed by atoms with van der Waals surface area (Å²) >= 11 is 0. The van der Waals surface area contributed by atoms with Crippen molar-refractivity contribution in [3.8, 4) is 11.4 Å². The van der Waals surface area contributed by atoms with Crippen LogP contribution in [0.5, 0.6) is 0 Å². The van der Waals surface area contributed by atoms with Crippen molar-refractivity contribution in [1.82, 2.24) is 19.9 Å². The normalized spacial score (nSPS) is 19.4. The van der Waals surface area contributed by atoms with Crippen molar-refractivity contribution in [3.05, 3.63) is 60.2 Å². The summed E-state index contributed by atoms with van der Waals surface area (Å²) < 4.78 is 12.4. The maximum Gasteiger partial charge on any atom is 0.494 e. The molecule has 4 heterocycles. The second kappa shape index (κ2) is 7.39. The summed E-state index contributed by atoms with van der Waals surface area (Å²) in [4.78, 5) is 19.9. The predicted octanol–water partition coefficient (Wildman–Crippen LogP) is 2.80. The Balaban J connectivity index is 1.35. The monoisotopic (exact) mass is 415 g/mol. The van der Waals surface area contributed by atoms with Crippen molar-refractivity contribution < 1.29 is 9.31 Å². The second-order valence-electron chi connectivity index (χ2n) is 9.12. The van der Waals surface area contributed by atoms with Gasteiger partial charge in [-0.25, -0.2) is 9.97 Å². The van der Waals surface area contributed by atoms with Crippen molar-refractivity contribution in [2.24, 2.45) is 0 Å². The molecule has 2 aliphatic heterocycles. The number of hydrogen-bond donors (Lipinski definition) is 0. The van der Waals surface area contributed by atoms with Crippen LogP contribution in [-0.4, -0.2) is 44.8 Å². The Labute approximate surface area is 183 Å². The van der Waals surface area contributed by atoms with Crippen molar-refractivity contribution in [2.45, 2.75) is 51.9 Å².